The Morgan fingerprint density at radius 2 is 2.38 bits per heavy atom. The van der Waals surface area contributed by atoms with Gasteiger partial charge in [0, 0.05) is 6.04 Å². The van der Waals surface area contributed by atoms with Gasteiger partial charge in [-0.1, -0.05) is 0 Å². The average Bonchev–Trinajstić information content (AvgIpc) is 3.11. The second-order valence-electron chi connectivity index (χ2n) is 5.71. The lowest BCUT2D eigenvalue weighted by Gasteiger charge is -2.28. The van der Waals surface area contributed by atoms with Crippen LogP contribution in [0.2, 0.25) is 0 Å². The fourth-order valence-corrected chi connectivity index (χ4v) is 3.16. The third-order valence-corrected chi connectivity index (χ3v) is 4.68. The molecule has 0 amide bonds. The molecule has 21 heavy (non-hydrogen) atoms. The van der Waals surface area contributed by atoms with Crippen LogP contribution in [-0.4, -0.2) is 29.9 Å². The third kappa shape index (κ3) is 5.40. The molecule has 0 radical (unpaired) electrons. The largest absolute Gasteiger partial charge is 0.468 e. The van der Waals surface area contributed by atoms with Gasteiger partial charge in [0.05, 0.1) is 18.6 Å². The smallest absolute Gasteiger partial charge is 0.326 e. The number of furan rings is 1. The highest BCUT2D eigenvalue weighted by molar-refractivity contribution is 7.98. The number of hydrogen-bond donors (Lipinski definition) is 1. The minimum atomic E-state index is -0.539. The zero-order chi connectivity index (χ0) is 15.1. The van der Waals surface area contributed by atoms with Gasteiger partial charge in [-0.25, -0.2) is 0 Å². The van der Waals surface area contributed by atoms with E-state index in [-0.39, 0.29) is 5.97 Å². The summed E-state index contributed by atoms with van der Waals surface area (Å²) < 4.78 is 10.5. The van der Waals surface area contributed by atoms with E-state index in [0.29, 0.717) is 12.6 Å². The number of nitrogens with one attached hydrogen (secondary N) is 1. The molecule has 0 spiro atoms. The van der Waals surface area contributed by atoms with E-state index < -0.39 is 5.54 Å². The quantitative estimate of drug-likeness (QED) is 0.530. The Kier molecular flexibility index (Phi) is 6.18. The van der Waals surface area contributed by atoms with Gasteiger partial charge in [0.15, 0.2) is 0 Å². The van der Waals surface area contributed by atoms with Crippen molar-refractivity contribution in [3.05, 3.63) is 24.2 Å². The number of carbonyl (C=O) groups is 1. The molecule has 4 nitrogen and oxygen atoms in total. The molecule has 5 heteroatoms. The molecular formula is C16H25NO3S. The predicted octanol–water partition coefficient (Wildman–Crippen LogP) is 3.37. The van der Waals surface area contributed by atoms with Crippen LogP contribution >= 0.6 is 11.8 Å². The second kappa shape index (κ2) is 7.90. The van der Waals surface area contributed by atoms with Crippen LogP contribution in [0.1, 0.15) is 45.3 Å². The summed E-state index contributed by atoms with van der Waals surface area (Å²) in [6, 6.07) is 4.40. The van der Waals surface area contributed by atoms with Crippen LogP contribution in [0.15, 0.2) is 22.8 Å². The normalized spacial score (nSPS) is 17.4. The van der Waals surface area contributed by atoms with Gasteiger partial charge >= 0.3 is 5.97 Å². The van der Waals surface area contributed by atoms with Gasteiger partial charge in [-0.15, -0.1) is 0 Å². The fraction of sp³-hybridized carbons (Fsp3) is 0.688. The molecule has 0 bridgehead atoms. The minimum absolute atomic E-state index is 0.118. The Morgan fingerprint density at radius 3 is 3.00 bits per heavy atom. The van der Waals surface area contributed by atoms with E-state index in [4.69, 9.17) is 9.15 Å². The van der Waals surface area contributed by atoms with Gasteiger partial charge in [-0.05, 0) is 57.4 Å². The highest BCUT2D eigenvalue weighted by Crippen LogP contribution is 2.26. The molecule has 0 saturated heterocycles. The van der Waals surface area contributed by atoms with Crippen molar-refractivity contribution in [3.8, 4) is 0 Å². The lowest BCUT2D eigenvalue weighted by Crippen LogP contribution is -2.51. The molecule has 1 aromatic rings. The highest BCUT2D eigenvalue weighted by Gasteiger charge is 2.39. The molecular weight excluding hydrogens is 286 g/mol. The summed E-state index contributed by atoms with van der Waals surface area (Å²) in [5, 5.41) is 3.45. The number of hydrogen-bond acceptors (Lipinski definition) is 5. The number of ether oxygens (including phenoxy) is 1. The zero-order valence-electron chi connectivity index (χ0n) is 12.9. The molecule has 118 valence electrons. The zero-order valence-corrected chi connectivity index (χ0v) is 13.7. The number of carbonyl (C=O) groups excluding carboxylic acids is 1. The van der Waals surface area contributed by atoms with Crippen molar-refractivity contribution in [2.45, 2.75) is 56.9 Å². The van der Waals surface area contributed by atoms with Gasteiger partial charge in [0.2, 0.25) is 0 Å². The van der Waals surface area contributed by atoms with E-state index in [1.807, 2.05) is 37.7 Å². The maximum Gasteiger partial charge on any atom is 0.326 e. The van der Waals surface area contributed by atoms with Crippen molar-refractivity contribution in [2.24, 2.45) is 0 Å². The van der Waals surface area contributed by atoms with Gasteiger partial charge in [0.1, 0.15) is 11.3 Å². The monoisotopic (exact) mass is 311 g/mol. The molecule has 0 aromatic carbocycles. The van der Waals surface area contributed by atoms with Crippen molar-refractivity contribution < 1.29 is 13.9 Å². The Balaban J connectivity index is 1.71. The molecule has 1 unspecified atom stereocenters. The summed E-state index contributed by atoms with van der Waals surface area (Å²) in [5.41, 5.74) is -0.539. The molecule has 1 aromatic heterocycles. The summed E-state index contributed by atoms with van der Waals surface area (Å²) in [4.78, 5) is 12.2. The molecule has 1 aliphatic rings. The number of thioether (sulfide) groups is 1. The van der Waals surface area contributed by atoms with Gasteiger partial charge in [-0.3, -0.25) is 10.1 Å². The first-order valence-electron chi connectivity index (χ1n) is 7.69. The van der Waals surface area contributed by atoms with Crippen LogP contribution in [0.4, 0.5) is 0 Å². The predicted molar refractivity (Wildman–Crippen MR) is 85.3 cm³/mol. The van der Waals surface area contributed by atoms with E-state index in [2.05, 4.69) is 5.32 Å². The van der Waals surface area contributed by atoms with Crippen LogP contribution in [-0.2, 0) is 15.3 Å². The molecule has 1 heterocycles. The standard InChI is InChI=1S/C16H25NO3S/c1-3-19-15(18)16(2,17-13-7-8-13)9-5-11-21-12-14-6-4-10-20-14/h4,6,10,13,17H,3,5,7-9,11-12H2,1-2H3. The maximum atomic E-state index is 12.2. The van der Waals surface area contributed by atoms with Crippen molar-refractivity contribution >= 4 is 17.7 Å². The average molecular weight is 311 g/mol. The maximum absolute atomic E-state index is 12.2. The Labute approximate surface area is 131 Å². The number of esters is 1. The summed E-state index contributed by atoms with van der Waals surface area (Å²) in [6.45, 7) is 4.27. The van der Waals surface area contributed by atoms with Crippen molar-refractivity contribution in [1.82, 2.24) is 5.32 Å². The first-order valence-corrected chi connectivity index (χ1v) is 8.84. The van der Waals surface area contributed by atoms with Crippen molar-refractivity contribution in [2.75, 3.05) is 12.4 Å². The first-order chi connectivity index (χ1) is 10.1. The Bertz CT molecular complexity index is 431. The van der Waals surface area contributed by atoms with Crippen molar-refractivity contribution in [3.63, 3.8) is 0 Å². The van der Waals surface area contributed by atoms with Gasteiger partial charge < -0.3 is 9.15 Å². The minimum Gasteiger partial charge on any atom is -0.468 e. The highest BCUT2D eigenvalue weighted by atomic mass is 32.2. The number of rotatable bonds is 10. The molecule has 2 rings (SSSR count). The topological polar surface area (TPSA) is 51.5 Å². The summed E-state index contributed by atoms with van der Waals surface area (Å²) >= 11 is 1.84. The lowest BCUT2D eigenvalue weighted by molar-refractivity contribution is -0.151. The van der Waals surface area contributed by atoms with E-state index in [9.17, 15) is 4.79 Å². The summed E-state index contributed by atoms with van der Waals surface area (Å²) in [6.07, 6.45) is 5.84. The second-order valence-corrected chi connectivity index (χ2v) is 6.81. The van der Waals surface area contributed by atoms with E-state index in [0.717, 1.165) is 30.1 Å². The van der Waals surface area contributed by atoms with Crippen LogP contribution in [0.5, 0.6) is 0 Å². The molecule has 1 N–H and O–H groups in total. The van der Waals surface area contributed by atoms with Crippen LogP contribution in [0, 0.1) is 0 Å². The van der Waals surface area contributed by atoms with E-state index in [1.54, 1.807) is 6.26 Å². The summed E-state index contributed by atoms with van der Waals surface area (Å²) in [7, 11) is 0. The molecule has 1 fully saturated rings. The van der Waals surface area contributed by atoms with Crippen molar-refractivity contribution in [1.29, 1.82) is 0 Å². The molecule has 1 saturated carbocycles. The van der Waals surface area contributed by atoms with Crippen LogP contribution in [0.3, 0.4) is 0 Å². The van der Waals surface area contributed by atoms with Gasteiger partial charge in [0.25, 0.3) is 0 Å². The molecule has 1 atom stereocenters. The lowest BCUT2D eigenvalue weighted by atomic mass is 9.96. The molecule has 1 aliphatic carbocycles. The Hall–Kier alpha value is -0.940. The van der Waals surface area contributed by atoms with Crippen LogP contribution in [0.25, 0.3) is 0 Å². The van der Waals surface area contributed by atoms with Gasteiger partial charge in [-0.2, -0.15) is 11.8 Å². The summed E-state index contributed by atoms with van der Waals surface area (Å²) in [5.74, 6) is 2.79. The fourth-order valence-electron chi connectivity index (χ4n) is 2.30. The van der Waals surface area contributed by atoms with Crippen LogP contribution < -0.4 is 5.32 Å². The Morgan fingerprint density at radius 1 is 1.57 bits per heavy atom. The first kappa shape index (κ1) is 16.4. The van der Waals surface area contributed by atoms with E-state index >= 15 is 0 Å². The van der Waals surface area contributed by atoms with E-state index in [1.165, 1.54) is 12.8 Å². The molecule has 0 aliphatic heterocycles. The SMILES string of the molecule is CCOC(=O)C(C)(CCCSCc1ccco1)NC1CC1. The third-order valence-electron chi connectivity index (χ3n) is 3.62.